The van der Waals surface area contributed by atoms with Gasteiger partial charge in [0.05, 0.1) is 13.7 Å². The van der Waals surface area contributed by atoms with Crippen LogP contribution in [0.2, 0.25) is 0 Å². The third kappa shape index (κ3) is 5.79. The maximum absolute atomic E-state index is 11.2. The van der Waals surface area contributed by atoms with Crippen molar-refractivity contribution in [2.75, 3.05) is 20.3 Å². The zero-order chi connectivity index (χ0) is 16.5. The molecule has 0 spiro atoms. The third-order valence-electron chi connectivity index (χ3n) is 4.22. The minimum Gasteiger partial charge on any atom is -0.466 e. The molecule has 0 amide bonds. The van der Waals surface area contributed by atoms with E-state index in [1.807, 2.05) is 0 Å². The van der Waals surface area contributed by atoms with Crippen molar-refractivity contribution in [2.24, 2.45) is 0 Å². The van der Waals surface area contributed by atoms with Gasteiger partial charge >= 0.3 is 5.97 Å². The van der Waals surface area contributed by atoms with Crippen LogP contribution in [0.25, 0.3) is 0 Å². The molecular weight excluding hydrogens is 290 g/mol. The normalized spacial score (nSPS) is 14.4. The Hall–Kier alpha value is -1.68. The Balaban J connectivity index is 1.61. The largest absolute Gasteiger partial charge is 0.466 e. The van der Waals surface area contributed by atoms with E-state index in [1.54, 1.807) is 13.0 Å². The third-order valence-corrected chi connectivity index (χ3v) is 4.22. The van der Waals surface area contributed by atoms with Crippen molar-refractivity contribution in [3.8, 4) is 0 Å². The number of pyridine rings is 1. The van der Waals surface area contributed by atoms with E-state index in [2.05, 4.69) is 16.9 Å². The van der Waals surface area contributed by atoms with Crippen LogP contribution in [0.1, 0.15) is 49.6 Å². The summed E-state index contributed by atoms with van der Waals surface area (Å²) in [6.07, 6.45) is 9.75. The van der Waals surface area contributed by atoms with E-state index in [0.717, 1.165) is 25.7 Å². The van der Waals surface area contributed by atoms with E-state index in [4.69, 9.17) is 9.72 Å². The second-order valence-electron chi connectivity index (χ2n) is 6.03. The molecule has 1 aliphatic carbocycles. The predicted octanol–water partition coefficient (Wildman–Crippen LogP) is 3.42. The molecule has 0 atom stereocenters. The molecule has 1 heterocycles. The van der Waals surface area contributed by atoms with E-state index in [1.165, 1.54) is 43.3 Å². The van der Waals surface area contributed by atoms with Gasteiger partial charge in [-0.1, -0.05) is 6.07 Å². The van der Waals surface area contributed by atoms with Gasteiger partial charge in [0.1, 0.15) is 0 Å². The number of hydrogen-bond donors (Lipinski definition) is 0. The molecule has 0 N–H and O–H groups in total. The molecule has 126 valence electrons. The number of methoxy groups -OCH3 is 1. The van der Waals surface area contributed by atoms with E-state index < -0.39 is 0 Å². The lowest BCUT2D eigenvalue weighted by Gasteiger charge is -2.15. The van der Waals surface area contributed by atoms with Gasteiger partial charge in [0, 0.05) is 23.6 Å². The molecule has 0 unspecified atom stereocenters. The lowest BCUT2D eigenvalue weighted by atomic mass is 9.95. The number of hydrogen-bond acceptors (Lipinski definition) is 4. The minimum absolute atomic E-state index is 0.299. The van der Waals surface area contributed by atoms with E-state index >= 15 is 0 Å². The molecule has 0 aromatic carbocycles. The van der Waals surface area contributed by atoms with Gasteiger partial charge in [-0.25, -0.2) is 4.79 Å². The molecule has 4 nitrogen and oxygen atoms in total. The van der Waals surface area contributed by atoms with Crippen LogP contribution in [0.5, 0.6) is 0 Å². The van der Waals surface area contributed by atoms with Crippen LogP contribution in [0.3, 0.4) is 0 Å². The first-order valence-electron chi connectivity index (χ1n) is 8.51. The van der Waals surface area contributed by atoms with Crippen molar-refractivity contribution in [1.82, 2.24) is 4.98 Å². The molecular formula is C19H27NO3. The summed E-state index contributed by atoms with van der Waals surface area (Å²) in [5.41, 5.74) is 4.54. The van der Waals surface area contributed by atoms with Crippen LogP contribution in [-0.2, 0) is 33.5 Å². The van der Waals surface area contributed by atoms with Gasteiger partial charge in [-0.2, -0.15) is 0 Å². The predicted molar refractivity (Wildman–Crippen MR) is 90.4 cm³/mol. The topological polar surface area (TPSA) is 48.4 Å². The highest BCUT2D eigenvalue weighted by atomic mass is 16.5. The molecule has 1 aliphatic rings. The standard InChI is InChI=1S/C19H27NO3/c1-15(19(21)22-2)12-14-23-13-6-5-8-17-11-10-16-7-3-4-9-18(16)20-17/h10-12H,3-9,13-14H2,1-2H3. The highest BCUT2D eigenvalue weighted by Gasteiger charge is 2.10. The van der Waals surface area contributed by atoms with Crippen molar-refractivity contribution in [3.63, 3.8) is 0 Å². The van der Waals surface area contributed by atoms with Crippen LogP contribution < -0.4 is 0 Å². The first-order chi connectivity index (χ1) is 11.2. The van der Waals surface area contributed by atoms with Gasteiger partial charge in [-0.05, 0) is 69.6 Å². The SMILES string of the molecule is COC(=O)C(C)=CCOCCCCc1ccc2c(n1)CCCC2. The summed E-state index contributed by atoms with van der Waals surface area (Å²) in [5, 5.41) is 0. The lowest BCUT2D eigenvalue weighted by molar-refractivity contribution is -0.136. The first-order valence-corrected chi connectivity index (χ1v) is 8.51. The molecule has 2 rings (SSSR count). The highest BCUT2D eigenvalue weighted by Crippen LogP contribution is 2.20. The smallest absolute Gasteiger partial charge is 0.333 e. The Morgan fingerprint density at radius 1 is 1.26 bits per heavy atom. The molecule has 1 aromatic heterocycles. The van der Waals surface area contributed by atoms with Crippen molar-refractivity contribution in [3.05, 3.63) is 40.7 Å². The molecule has 0 aliphatic heterocycles. The van der Waals surface area contributed by atoms with Crippen LogP contribution in [0.15, 0.2) is 23.8 Å². The summed E-state index contributed by atoms with van der Waals surface area (Å²) in [7, 11) is 1.38. The summed E-state index contributed by atoms with van der Waals surface area (Å²) in [4.78, 5) is 16.0. The van der Waals surface area contributed by atoms with Gasteiger partial charge < -0.3 is 9.47 Å². The van der Waals surface area contributed by atoms with Crippen molar-refractivity contribution >= 4 is 5.97 Å². The maximum Gasteiger partial charge on any atom is 0.333 e. The van der Waals surface area contributed by atoms with Crippen molar-refractivity contribution in [1.29, 1.82) is 0 Å². The quantitative estimate of drug-likeness (QED) is 0.419. The molecule has 23 heavy (non-hydrogen) atoms. The zero-order valence-corrected chi connectivity index (χ0v) is 14.3. The second kappa shape index (κ2) is 9.46. The summed E-state index contributed by atoms with van der Waals surface area (Å²) < 4.78 is 10.1. The molecule has 4 heteroatoms. The summed E-state index contributed by atoms with van der Waals surface area (Å²) >= 11 is 0. The molecule has 0 saturated heterocycles. The Kier molecular flexibility index (Phi) is 7.27. The van der Waals surface area contributed by atoms with Gasteiger partial charge in [0.25, 0.3) is 0 Å². The van der Waals surface area contributed by atoms with Crippen LogP contribution in [-0.4, -0.2) is 31.3 Å². The Labute approximate surface area is 138 Å². The Morgan fingerprint density at radius 2 is 2.09 bits per heavy atom. The lowest BCUT2D eigenvalue weighted by Crippen LogP contribution is -2.07. The second-order valence-corrected chi connectivity index (χ2v) is 6.03. The monoisotopic (exact) mass is 317 g/mol. The molecule has 0 bridgehead atoms. The number of nitrogens with zero attached hydrogens (tertiary/aromatic N) is 1. The van der Waals surface area contributed by atoms with Crippen molar-refractivity contribution < 1.29 is 14.3 Å². The van der Waals surface area contributed by atoms with Gasteiger partial charge in [0.15, 0.2) is 0 Å². The van der Waals surface area contributed by atoms with E-state index in [9.17, 15) is 4.79 Å². The average Bonchev–Trinajstić information content (AvgIpc) is 2.59. The Bertz CT molecular complexity index is 552. The van der Waals surface area contributed by atoms with Gasteiger partial charge in [-0.3, -0.25) is 4.98 Å². The minimum atomic E-state index is -0.299. The van der Waals surface area contributed by atoms with Gasteiger partial charge in [0.2, 0.25) is 0 Å². The first kappa shape index (κ1) is 17.7. The number of ether oxygens (including phenoxy) is 2. The summed E-state index contributed by atoms with van der Waals surface area (Å²) in [6.45, 7) is 2.89. The zero-order valence-electron chi connectivity index (χ0n) is 14.3. The van der Waals surface area contributed by atoms with E-state index in [0.29, 0.717) is 18.8 Å². The maximum atomic E-state index is 11.2. The summed E-state index contributed by atoms with van der Waals surface area (Å²) in [6, 6.07) is 4.43. The number of aryl methyl sites for hydroxylation is 3. The Morgan fingerprint density at radius 3 is 2.91 bits per heavy atom. The molecule has 0 radical (unpaired) electrons. The van der Waals surface area contributed by atoms with Crippen LogP contribution >= 0.6 is 0 Å². The van der Waals surface area contributed by atoms with Crippen LogP contribution in [0.4, 0.5) is 0 Å². The van der Waals surface area contributed by atoms with Gasteiger partial charge in [-0.15, -0.1) is 0 Å². The fourth-order valence-electron chi connectivity index (χ4n) is 2.79. The average molecular weight is 317 g/mol. The van der Waals surface area contributed by atoms with Crippen LogP contribution in [0, 0.1) is 0 Å². The highest BCUT2D eigenvalue weighted by molar-refractivity contribution is 5.87. The number of unbranched alkanes of at least 4 members (excludes halogenated alkanes) is 1. The number of aromatic nitrogens is 1. The number of rotatable bonds is 8. The number of esters is 1. The fraction of sp³-hybridized carbons (Fsp3) is 0.579. The number of carbonyl (C=O) groups excluding carboxylic acids is 1. The molecule has 0 fully saturated rings. The van der Waals surface area contributed by atoms with Crippen molar-refractivity contribution in [2.45, 2.75) is 51.9 Å². The number of carbonyl (C=O) groups is 1. The summed E-state index contributed by atoms with van der Waals surface area (Å²) in [5.74, 6) is -0.299. The number of fused-ring (bicyclic) bond motifs is 1. The molecule has 0 saturated carbocycles. The van der Waals surface area contributed by atoms with E-state index in [-0.39, 0.29) is 5.97 Å². The fourth-order valence-corrected chi connectivity index (χ4v) is 2.79. The molecule has 1 aromatic rings.